The van der Waals surface area contributed by atoms with Crippen molar-refractivity contribution in [3.63, 3.8) is 0 Å². The molecular formula is C22H19F3N4O4. The number of imidazole rings is 1. The Morgan fingerprint density at radius 1 is 0.970 bits per heavy atom. The Kier molecular flexibility index (Phi) is 5.48. The molecule has 2 aromatic heterocycles. The van der Waals surface area contributed by atoms with Crippen molar-refractivity contribution in [2.24, 2.45) is 14.1 Å². The minimum Gasteiger partial charge on any atom is -0.425 e. The fourth-order valence-electron chi connectivity index (χ4n) is 3.37. The van der Waals surface area contributed by atoms with E-state index in [0.717, 1.165) is 27.8 Å². The molecule has 0 N–H and O–H groups in total. The molecule has 0 spiro atoms. The third-order valence-corrected chi connectivity index (χ3v) is 5.02. The topological polar surface area (TPSA) is 80.3 Å². The van der Waals surface area contributed by atoms with Crippen LogP contribution in [0, 0.1) is 6.92 Å². The summed E-state index contributed by atoms with van der Waals surface area (Å²) in [5.74, 6) is -0.455. The van der Waals surface area contributed by atoms with Crippen LogP contribution in [0.2, 0.25) is 0 Å². The van der Waals surface area contributed by atoms with E-state index in [2.05, 4.69) is 9.72 Å². The highest BCUT2D eigenvalue weighted by Gasteiger charge is 2.31. The van der Waals surface area contributed by atoms with Crippen LogP contribution < -0.4 is 20.7 Å². The molecule has 0 aliphatic rings. The normalized spacial score (nSPS) is 11.7. The second-order valence-corrected chi connectivity index (χ2v) is 7.47. The van der Waals surface area contributed by atoms with Crippen LogP contribution >= 0.6 is 0 Å². The molecule has 0 atom stereocenters. The second-order valence-electron chi connectivity index (χ2n) is 7.47. The molecule has 0 aliphatic heterocycles. The number of nitrogens with zero attached hydrogens (tertiary/aromatic N) is 4. The van der Waals surface area contributed by atoms with Gasteiger partial charge in [-0.3, -0.25) is 18.5 Å². The number of hydrogen-bond acceptors (Lipinski definition) is 5. The zero-order valence-corrected chi connectivity index (χ0v) is 17.9. The lowest BCUT2D eigenvalue weighted by Crippen LogP contribution is -2.37. The van der Waals surface area contributed by atoms with Crippen molar-refractivity contribution in [1.82, 2.24) is 18.7 Å². The van der Waals surface area contributed by atoms with Crippen molar-refractivity contribution in [2.75, 3.05) is 0 Å². The van der Waals surface area contributed by atoms with Gasteiger partial charge in [0.2, 0.25) is 0 Å². The van der Waals surface area contributed by atoms with Gasteiger partial charge in [-0.25, -0.2) is 4.79 Å². The molecule has 0 fully saturated rings. The van der Waals surface area contributed by atoms with Gasteiger partial charge in [-0.1, -0.05) is 35.9 Å². The molecule has 2 heterocycles. The van der Waals surface area contributed by atoms with Gasteiger partial charge in [0, 0.05) is 20.2 Å². The molecule has 4 aromatic rings. The van der Waals surface area contributed by atoms with Crippen molar-refractivity contribution < 1.29 is 22.6 Å². The molecule has 0 saturated carbocycles. The number of benzene rings is 2. The molecule has 0 unspecified atom stereocenters. The lowest BCUT2D eigenvalue weighted by molar-refractivity contribution is -0.274. The van der Waals surface area contributed by atoms with Crippen LogP contribution in [-0.4, -0.2) is 25.0 Å². The van der Waals surface area contributed by atoms with Crippen molar-refractivity contribution in [2.45, 2.75) is 19.8 Å². The number of alkyl halides is 3. The summed E-state index contributed by atoms with van der Waals surface area (Å²) in [6.07, 6.45) is -4.86. The van der Waals surface area contributed by atoms with E-state index >= 15 is 0 Å². The molecule has 2 aromatic carbocycles. The predicted molar refractivity (Wildman–Crippen MR) is 114 cm³/mol. The van der Waals surface area contributed by atoms with Crippen LogP contribution in [0.4, 0.5) is 13.2 Å². The average Bonchev–Trinajstić information content (AvgIpc) is 3.09. The number of rotatable bonds is 5. The van der Waals surface area contributed by atoms with Crippen LogP contribution in [0.1, 0.15) is 11.1 Å². The number of halogens is 3. The van der Waals surface area contributed by atoms with Crippen molar-refractivity contribution in [3.8, 4) is 17.5 Å². The Morgan fingerprint density at radius 3 is 2.30 bits per heavy atom. The van der Waals surface area contributed by atoms with Gasteiger partial charge in [0.25, 0.3) is 5.56 Å². The maximum absolute atomic E-state index is 12.9. The number of hydrogen-bond donors (Lipinski definition) is 0. The highest BCUT2D eigenvalue weighted by molar-refractivity contribution is 5.72. The van der Waals surface area contributed by atoms with Gasteiger partial charge < -0.3 is 9.47 Å². The first-order valence-electron chi connectivity index (χ1n) is 9.79. The summed E-state index contributed by atoms with van der Waals surface area (Å²) in [5, 5.41) is 0. The van der Waals surface area contributed by atoms with Gasteiger partial charge in [-0.05, 0) is 24.6 Å². The second kappa shape index (κ2) is 8.15. The average molecular weight is 460 g/mol. The largest absolute Gasteiger partial charge is 0.573 e. The van der Waals surface area contributed by atoms with E-state index in [1.54, 1.807) is 0 Å². The lowest BCUT2D eigenvalue weighted by Gasteiger charge is -2.12. The Morgan fingerprint density at radius 2 is 1.64 bits per heavy atom. The summed E-state index contributed by atoms with van der Waals surface area (Å²) >= 11 is 0. The van der Waals surface area contributed by atoms with Crippen LogP contribution in [0.3, 0.4) is 0 Å². The predicted octanol–water partition coefficient (Wildman–Crippen LogP) is 3.48. The van der Waals surface area contributed by atoms with Gasteiger partial charge in [-0.15, -0.1) is 13.2 Å². The fourth-order valence-corrected chi connectivity index (χ4v) is 3.37. The summed E-state index contributed by atoms with van der Waals surface area (Å²) in [4.78, 5) is 29.6. The summed E-state index contributed by atoms with van der Waals surface area (Å²) in [6, 6.07) is 12.4. The lowest BCUT2D eigenvalue weighted by atomic mass is 10.1. The molecule has 0 bridgehead atoms. The molecule has 4 rings (SSSR count). The zero-order chi connectivity index (χ0) is 23.9. The number of fused-ring (bicyclic) bond motifs is 1. The van der Waals surface area contributed by atoms with Gasteiger partial charge in [0.05, 0.1) is 6.54 Å². The van der Waals surface area contributed by atoms with E-state index in [9.17, 15) is 22.8 Å². The van der Waals surface area contributed by atoms with Gasteiger partial charge >= 0.3 is 18.1 Å². The van der Waals surface area contributed by atoms with E-state index < -0.39 is 23.4 Å². The van der Waals surface area contributed by atoms with Gasteiger partial charge in [0.1, 0.15) is 11.5 Å². The Bertz CT molecular complexity index is 1450. The van der Waals surface area contributed by atoms with Crippen molar-refractivity contribution >= 4 is 11.2 Å². The molecule has 0 aliphatic carbocycles. The van der Waals surface area contributed by atoms with Crippen LogP contribution in [-0.2, 0) is 20.6 Å². The van der Waals surface area contributed by atoms with Crippen LogP contribution in [0.15, 0.2) is 58.1 Å². The Balaban J connectivity index is 1.85. The summed E-state index contributed by atoms with van der Waals surface area (Å²) < 4.78 is 51.1. The first kappa shape index (κ1) is 22.2. The molecule has 11 heteroatoms. The van der Waals surface area contributed by atoms with Crippen molar-refractivity contribution in [1.29, 1.82) is 0 Å². The zero-order valence-electron chi connectivity index (χ0n) is 17.9. The standard InChI is InChI=1S/C22H19F3N4O4/c1-13-7-9-14(10-8-13)12-29-17-18(27(2)21(31)28(3)19(17)30)26-20(29)32-15-5-4-6-16(11-15)33-22(23,24)25/h4-11H,12H2,1-3H3. The van der Waals surface area contributed by atoms with E-state index in [4.69, 9.17) is 4.74 Å². The Hall–Kier alpha value is -4.02. The highest BCUT2D eigenvalue weighted by atomic mass is 19.4. The van der Waals surface area contributed by atoms with E-state index in [1.165, 1.54) is 35.4 Å². The van der Waals surface area contributed by atoms with Gasteiger partial charge in [-0.2, -0.15) is 4.98 Å². The third kappa shape index (κ3) is 4.47. The van der Waals surface area contributed by atoms with Crippen molar-refractivity contribution in [3.05, 3.63) is 80.5 Å². The minimum absolute atomic E-state index is 0.0130. The van der Waals surface area contributed by atoms with Gasteiger partial charge in [0.15, 0.2) is 11.2 Å². The van der Waals surface area contributed by atoms with E-state index in [1.807, 2.05) is 31.2 Å². The molecule has 0 amide bonds. The van der Waals surface area contributed by atoms with Crippen LogP contribution in [0.25, 0.3) is 11.2 Å². The number of aromatic nitrogens is 4. The quantitative estimate of drug-likeness (QED) is 0.456. The molecule has 33 heavy (non-hydrogen) atoms. The SMILES string of the molecule is Cc1ccc(Cn2c(Oc3cccc(OC(F)(F)F)c3)nc3c2c(=O)n(C)c(=O)n3C)cc1. The monoisotopic (exact) mass is 460 g/mol. The fraction of sp³-hybridized carbons (Fsp3) is 0.227. The maximum Gasteiger partial charge on any atom is 0.573 e. The number of aryl methyl sites for hydroxylation is 2. The number of ether oxygens (including phenoxy) is 2. The van der Waals surface area contributed by atoms with E-state index in [0.29, 0.717) is 0 Å². The molecule has 8 nitrogen and oxygen atoms in total. The summed E-state index contributed by atoms with van der Waals surface area (Å²) in [6.45, 7) is 2.12. The van der Waals surface area contributed by atoms with Crippen LogP contribution in [0.5, 0.6) is 17.5 Å². The highest BCUT2D eigenvalue weighted by Crippen LogP contribution is 2.30. The molecule has 172 valence electrons. The maximum atomic E-state index is 12.9. The Labute approximate surface area is 185 Å². The minimum atomic E-state index is -4.86. The third-order valence-electron chi connectivity index (χ3n) is 5.02. The molecule has 0 radical (unpaired) electrons. The summed E-state index contributed by atoms with van der Waals surface area (Å²) in [5.41, 5.74) is 0.947. The summed E-state index contributed by atoms with van der Waals surface area (Å²) in [7, 11) is 2.82. The molecule has 0 saturated heterocycles. The first-order chi connectivity index (χ1) is 15.5. The first-order valence-corrected chi connectivity index (χ1v) is 9.79. The van der Waals surface area contributed by atoms with E-state index in [-0.39, 0.29) is 29.5 Å². The molecular weight excluding hydrogens is 441 g/mol. The smallest absolute Gasteiger partial charge is 0.425 e.